The normalized spacial score (nSPS) is 11.2. The lowest BCUT2D eigenvalue weighted by molar-refractivity contribution is 0.386. The van der Waals surface area contributed by atoms with Gasteiger partial charge in [-0.05, 0) is 54.1 Å². The Labute approximate surface area is 165 Å². The van der Waals surface area contributed by atoms with Gasteiger partial charge in [-0.2, -0.15) is 0 Å². The minimum Gasteiger partial charge on any atom is -0.494 e. The molecule has 0 unspecified atom stereocenters. The van der Waals surface area contributed by atoms with Gasteiger partial charge in [-0.15, -0.1) is 5.10 Å². The molecule has 29 heavy (non-hydrogen) atoms. The van der Waals surface area contributed by atoms with Gasteiger partial charge in [0.2, 0.25) is 0 Å². The summed E-state index contributed by atoms with van der Waals surface area (Å²) in [7, 11) is 1.44. The van der Waals surface area contributed by atoms with Gasteiger partial charge >= 0.3 is 0 Å². The number of fused-ring (bicyclic) bond motifs is 2. The molecule has 0 N–H and O–H groups in total. The van der Waals surface area contributed by atoms with Crippen molar-refractivity contribution in [2.45, 2.75) is 6.54 Å². The van der Waals surface area contributed by atoms with E-state index in [4.69, 9.17) is 4.74 Å². The van der Waals surface area contributed by atoms with Crippen molar-refractivity contribution in [3.8, 4) is 17.0 Å². The Morgan fingerprint density at radius 2 is 1.90 bits per heavy atom. The Balaban J connectivity index is 1.53. The first-order valence-electron chi connectivity index (χ1n) is 9.09. The van der Waals surface area contributed by atoms with E-state index in [0.717, 1.165) is 16.5 Å². The summed E-state index contributed by atoms with van der Waals surface area (Å²) in [5.41, 5.74) is 4.65. The molecule has 0 fully saturated rings. The molecular weight excluding hydrogens is 369 g/mol. The molecule has 2 aromatic carbocycles. The van der Waals surface area contributed by atoms with Gasteiger partial charge in [0.25, 0.3) is 0 Å². The van der Waals surface area contributed by atoms with Crippen LogP contribution < -0.4 is 4.74 Å². The number of benzene rings is 2. The molecule has 6 nitrogen and oxygen atoms in total. The molecule has 7 heteroatoms. The van der Waals surface area contributed by atoms with Crippen molar-refractivity contribution in [3.05, 3.63) is 78.2 Å². The van der Waals surface area contributed by atoms with Crippen LogP contribution in [0.4, 0.5) is 4.39 Å². The SMILES string of the molecule is COc1ccc(-c2ccc3nnn(Cc4ccc5ncccc5c4)c3n2)cc1F. The molecule has 0 aliphatic rings. The molecule has 3 aromatic heterocycles. The topological polar surface area (TPSA) is 65.7 Å². The second-order valence-electron chi connectivity index (χ2n) is 6.67. The van der Waals surface area contributed by atoms with Gasteiger partial charge < -0.3 is 4.74 Å². The molecule has 0 amide bonds. The lowest BCUT2D eigenvalue weighted by atomic mass is 10.1. The monoisotopic (exact) mass is 385 g/mol. The van der Waals surface area contributed by atoms with E-state index < -0.39 is 5.82 Å². The maximum absolute atomic E-state index is 14.1. The summed E-state index contributed by atoms with van der Waals surface area (Å²) >= 11 is 0. The molecule has 0 aliphatic carbocycles. The number of nitrogens with zero attached hydrogens (tertiary/aromatic N) is 5. The van der Waals surface area contributed by atoms with E-state index in [-0.39, 0.29) is 5.75 Å². The van der Waals surface area contributed by atoms with E-state index in [0.29, 0.717) is 29.0 Å². The van der Waals surface area contributed by atoms with Gasteiger partial charge in [0, 0.05) is 17.1 Å². The van der Waals surface area contributed by atoms with Crippen LogP contribution >= 0.6 is 0 Å². The Hall–Kier alpha value is -3.87. The number of aromatic nitrogens is 5. The van der Waals surface area contributed by atoms with E-state index in [9.17, 15) is 4.39 Å². The Kier molecular flexibility index (Phi) is 4.13. The molecule has 0 aliphatic heterocycles. The van der Waals surface area contributed by atoms with Crippen LogP contribution in [-0.2, 0) is 6.54 Å². The number of ether oxygens (including phenoxy) is 1. The molecule has 0 saturated heterocycles. The Morgan fingerprint density at radius 3 is 2.76 bits per heavy atom. The van der Waals surface area contributed by atoms with Crippen LogP contribution in [0, 0.1) is 5.82 Å². The number of rotatable bonds is 4. The minimum atomic E-state index is -0.427. The van der Waals surface area contributed by atoms with Gasteiger partial charge in [0.15, 0.2) is 17.2 Å². The van der Waals surface area contributed by atoms with Crippen molar-refractivity contribution in [1.82, 2.24) is 25.0 Å². The smallest absolute Gasteiger partial charge is 0.179 e. The fraction of sp³-hybridized carbons (Fsp3) is 0.0909. The number of pyridine rings is 2. The first-order valence-corrected chi connectivity index (χ1v) is 9.09. The van der Waals surface area contributed by atoms with E-state index in [2.05, 4.69) is 26.3 Å². The van der Waals surface area contributed by atoms with E-state index in [1.54, 1.807) is 23.0 Å². The van der Waals surface area contributed by atoms with Gasteiger partial charge in [-0.25, -0.2) is 14.1 Å². The maximum Gasteiger partial charge on any atom is 0.179 e. The zero-order valence-electron chi connectivity index (χ0n) is 15.6. The molecule has 5 aromatic rings. The Bertz CT molecular complexity index is 1350. The van der Waals surface area contributed by atoms with Crippen LogP contribution in [0.1, 0.15) is 5.56 Å². The lowest BCUT2D eigenvalue weighted by Crippen LogP contribution is -2.03. The number of halogens is 1. The summed E-state index contributed by atoms with van der Waals surface area (Å²) in [6, 6.07) is 18.5. The first-order chi connectivity index (χ1) is 14.2. The third kappa shape index (κ3) is 3.16. The third-order valence-electron chi connectivity index (χ3n) is 4.81. The standard InChI is InChI=1S/C22H16FN5O/c1-29-21-9-5-16(12-17(21)23)19-7-8-20-22(25-19)28(27-26-20)13-14-4-6-18-15(11-14)3-2-10-24-18/h2-12H,13H2,1H3. The quantitative estimate of drug-likeness (QED) is 0.463. The molecule has 142 valence electrons. The summed E-state index contributed by atoms with van der Waals surface area (Å²) in [5, 5.41) is 9.51. The molecule has 0 spiro atoms. The third-order valence-corrected chi connectivity index (χ3v) is 4.81. The second-order valence-corrected chi connectivity index (χ2v) is 6.67. The van der Waals surface area contributed by atoms with Gasteiger partial charge in [0.1, 0.15) is 5.52 Å². The van der Waals surface area contributed by atoms with Crippen LogP contribution in [0.15, 0.2) is 66.9 Å². The molecule has 3 heterocycles. The van der Waals surface area contributed by atoms with Gasteiger partial charge in [0.05, 0.1) is 24.9 Å². The first kappa shape index (κ1) is 17.2. The largest absolute Gasteiger partial charge is 0.494 e. The maximum atomic E-state index is 14.1. The number of methoxy groups -OCH3 is 1. The molecule has 5 rings (SSSR count). The summed E-state index contributed by atoms with van der Waals surface area (Å²) in [5.74, 6) is -0.226. The average molecular weight is 385 g/mol. The zero-order chi connectivity index (χ0) is 19.8. The molecule has 0 radical (unpaired) electrons. The van der Waals surface area contributed by atoms with Crippen molar-refractivity contribution in [2.24, 2.45) is 0 Å². The van der Waals surface area contributed by atoms with Crippen molar-refractivity contribution in [3.63, 3.8) is 0 Å². The molecular formula is C22H16FN5O. The summed E-state index contributed by atoms with van der Waals surface area (Å²) in [6.07, 6.45) is 1.78. The highest BCUT2D eigenvalue weighted by Gasteiger charge is 2.11. The highest BCUT2D eigenvalue weighted by Crippen LogP contribution is 2.25. The van der Waals surface area contributed by atoms with Crippen molar-refractivity contribution >= 4 is 22.1 Å². The van der Waals surface area contributed by atoms with Crippen LogP contribution in [0.25, 0.3) is 33.3 Å². The van der Waals surface area contributed by atoms with Crippen LogP contribution in [-0.4, -0.2) is 32.1 Å². The average Bonchev–Trinajstić information content (AvgIpc) is 3.15. The highest BCUT2D eigenvalue weighted by atomic mass is 19.1. The van der Waals surface area contributed by atoms with Gasteiger partial charge in [-0.1, -0.05) is 17.3 Å². The van der Waals surface area contributed by atoms with Crippen LogP contribution in [0.3, 0.4) is 0 Å². The van der Waals surface area contributed by atoms with Crippen LogP contribution in [0.2, 0.25) is 0 Å². The van der Waals surface area contributed by atoms with Gasteiger partial charge in [-0.3, -0.25) is 4.98 Å². The Morgan fingerprint density at radius 1 is 1.00 bits per heavy atom. The van der Waals surface area contributed by atoms with E-state index >= 15 is 0 Å². The molecule has 0 atom stereocenters. The van der Waals surface area contributed by atoms with Crippen LogP contribution in [0.5, 0.6) is 5.75 Å². The highest BCUT2D eigenvalue weighted by molar-refractivity contribution is 5.79. The fourth-order valence-electron chi connectivity index (χ4n) is 3.34. The molecule has 0 bridgehead atoms. The summed E-state index contributed by atoms with van der Waals surface area (Å²) in [6.45, 7) is 0.523. The summed E-state index contributed by atoms with van der Waals surface area (Å²) < 4.78 is 20.8. The number of hydrogen-bond donors (Lipinski definition) is 0. The summed E-state index contributed by atoms with van der Waals surface area (Å²) in [4.78, 5) is 9.03. The van der Waals surface area contributed by atoms with Crippen molar-refractivity contribution in [1.29, 1.82) is 0 Å². The second kappa shape index (κ2) is 6.94. The predicted molar refractivity (Wildman–Crippen MR) is 108 cm³/mol. The minimum absolute atomic E-state index is 0.201. The molecule has 0 saturated carbocycles. The number of hydrogen-bond acceptors (Lipinski definition) is 5. The van der Waals surface area contributed by atoms with E-state index in [1.807, 2.05) is 36.4 Å². The van der Waals surface area contributed by atoms with Crippen molar-refractivity contribution < 1.29 is 9.13 Å². The zero-order valence-corrected chi connectivity index (χ0v) is 15.6. The van der Waals surface area contributed by atoms with E-state index in [1.165, 1.54) is 13.2 Å². The van der Waals surface area contributed by atoms with Crippen molar-refractivity contribution in [2.75, 3.05) is 7.11 Å². The fourth-order valence-corrected chi connectivity index (χ4v) is 3.34. The predicted octanol–water partition coefficient (Wildman–Crippen LogP) is 4.24. The lowest BCUT2D eigenvalue weighted by Gasteiger charge is -2.07.